The van der Waals surface area contributed by atoms with E-state index < -0.39 is 153 Å². The van der Waals surface area contributed by atoms with Gasteiger partial charge in [-0.2, -0.15) is 0 Å². The maximum atomic E-state index is 16.6. The Morgan fingerprint density at radius 2 is 1.70 bits per heavy atom. The molecule has 3 heterocycles. The minimum atomic E-state index is -2.17. The number of fused-ring (bicyclic) bond motifs is 10. The second-order valence-corrected chi connectivity index (χ2v) is 34.3. The number of carbonyl (C=O) groups excluding carboxylic acids is 3. The molecule has 18 nitrogen and oxygen atoms in total. The van der Waals surface area contributed by atoms with Crippen molar-refractivity contribution >= 4 is 45.1 Å². The summed E-state index contributed by atoms with van der Waals surface area (Å²) in [5.41, 5.74) is 1.11. The summed E-state index contributed by atoms with van der Waals surface area (Å²) in [4.78, 5) is 54.4. The Hall–Kier alpha value is -5.44. The van der Waals surface area contributed by atoms with E-state index in [2.05, 4.69) is 52.6 Å². The molecule has 3 aromatic rings. The normalized spacial score (nSPS) is 44.0. The number of cyclic esters (lactones) is 1. The SMILES string of the molecule is CCC1OC(=O)C(c2cc[nH]c2)C1C1C#CCC2CC3(O)C4=C5NC(CO)C(=O)CC(c6ccc(O)cc6)CSSCC6C(O)C(O)CC(C)(C4CCC3(CCNC(N)=NCc3ccccc3)C2C(C)(O)C2(O)CCC34C7CC(C)CCC7=CC(C=CC13)C4C(C(O)O)C2)C6C5=O. The minimum absolute atomic E-state index is 0.00151. The minimum Gasteiger partial charge on any atom is -0.508 e. The van der Waals surface area contributed by atoms with Crippen LogP contribution in [0, 0.1) is 105 Å². The number of nitrogens with two attached hydrogens (primary N) is 1. The van der Waals surface area contributed by atoms with Gasteiger partial charge in [-0.05, 0) is 177 Å². The number of aliphatic hydroxyl groups is 8. The molecule has 25 unspecified atom stereocenters. The number of nitrogens with zero attached hydrogens (tertiary/aromatic N) is 1. The lowest BCUT2D eigenvalue weighted by atomic mass is 9.41. The number of aromatic hydroxyl groups is 1. The molecule has 14 rings (SSSR count). The third kappa shape index (κ3) is 11.1. The average molecular weight is 1370 g/mol. The number of aromatic nitrogens is 1. The quantitative estimate of drug-likeness (QED) is 0.0166. The van der Waals surface area contributed by atoms with Crippen molar-refractivity contribution in [2.24, 2.45) is 104 Å². The second-order valence-electron chi connectivity index (χ2n) is 31.8. The summed E-state index contributed by atoms with van der Waals surface area (Å²) in [6.45, 7) is 7.60. The first kappa shape index (κ1) is 68.7. The number of guanidine groups is 1. The number of aliphatic imine (C=N–C) groups is 1. The zero-order valence-electron chi connectivity index (χ0n) is 56.1. The highest BCUT2D eigenvalue weighted by Crippen LogP contribution is 2.76. The van der Waals surface area contributed by atoms with Gasteiger partial charge in [0.15, 0.2) is 23.8 Å². The molecule has 11 aliphatic rings. The number of ketones is 2. The Labute approximate surface area is 577 Å². The van der Waals surface area contributed by atoms with E-state index in [0.29, 0.717) is 30.1 Å². The molecule has 2 saturated heterocycles. The number of ether oxygens (including phenoxy) is 1. The molecule has 14 N–H and O–H groups in total. The number of carbonyl (C=O) groups is 3. The fourth-order valence-electron chi connectivity index (χ4n) is 23.0. The Balaban J connectivity index is 0.984. The number of phenolic OH excluding ortho intramolecular Hbond substituents is 1. The lowest BCUT2D eigenvalue weighted by Gasteiger charge is -2.64. The maximum Gasteiger partial charge on any atom is 0.314 e. The number of Topliss-reactive ketones (excluding diaryl/α,β-unsaturated/α-hetero) is 2. The van der Waals surface area contributed by atoms with Gasteiger partial charge in [-0.25, -0.2) is 4.99 Å². The van der Waals surface area contributed by atoms with Crippen molar-refractivity contribution < 1.29 is 65.1 Å². The Bertz CT molecular complexity index is 3670. The summed E-state index contributed by atoms with van der Waals surface area (Å²) in [7, 11) is 2.95. The number of nitrogens with one attached hydrogen (secondary N) is 3. The Morgan fingerprint density at radius 1 is 0.928 bits per heavy atom. The van der Waals surface area contributed by atoms with E-state index in [1.165, 1.54) is 27.2 Å². The molecular weight excluding hydrogens is 1270 g/mol. The standard InChI is InChI=1S/C77H99N5O13S2/c1-5-59-61(60(70(91)95-59)47-23-28-79-37-47)50-13-9-12-46-33-77(94)64-54(72(3)35-58(86)66(87)52-40-97-96-39-48(43-16-19-49(84)20-17-43)32-57(85)56(38-83)82-65(64)67(88)63(52)72)22-24-74(77,27-29-80-71(78)81-36-42-10-7-6-8-11-42)68(46)73(4,92)75(93)25-26-76-53(50)21-18-45(62(76)51(34-75)69(89)90)31-44-15-14-41(2)30-55(44)76/h6-8,10-11,16-21,23,28,31,37,41,45-46,48,50-56,58-63,66,68-69,79,82-84,86-87,89-90,92-94H,5,12,14-15,22,24-27,29-30,32-36,38-40H2,1-4H3,(H3,78,80,81). The van der Waals surface area contributed by atoms with E-state index in [1.54, 1.807) is 31.2 Å². The molecule has 9 aliphatic carbocycles. The topological polar surface area (TPSA) is 321 Å². The first-order valence-electron chi connectivity index (χ1n) is 35.8. The molecule has 25 atom stereocenters. The van der Waals surface area contributed by atoms with Crippen LogP contribution in [0.25, 0.3) is 0 Å². The van der Waals surface area contributed by atoms with Crippen molar-refractivity contribution in [2.45, 2.75) is 183 Å². The predicted molar refractivity (Wildman–Crippen MR) is 370 cm³/mol. The number of H-pyrrole nitrogens is 1. The van der Waals surface area contributed by atoms with Crippen molar-refractivity contribution in [1.29, 1.82) is 0 Å². The van der Waals surface area contributed by atoms with Crippen molar-refractivity contribution in [3.8, 4) is 17.6 Å². The van der Waals surface area contributed by atoms with Gasteiger partial charge in [-0.1, -0.05) is 115 Å². The van der Waals surface area contributed by atoms with Gasteiger partial charge in [-0.3, -0.25) is 14.4 Å². The lowest BCUT2D eigenvalue weighted by molar-refractivity contribution is -0.235. The van der Waals surface area contributed by atoms with Crippen LogP contribution in [0.3, 0.4) is 0 Å². The smallest absolute Gasteiger partial charge is 0.314 e. The third-order valence-corrected chi connectivity index (χ3v) is 29.7. The number of hydrogen-bond acceptors (Lipinski definition) is 17. The highest BCUT2D eigenvalue weighted by Gasteiger charge is 2.77. The van der Waals surface area contributed by atoms with Crippen LogP contribution in [-0.2, 0) is 25.7 Å². The molecule has 97 heavy (non-hydrogen) atoms. The van der Waals surface area contributed by atoms with Gasteiger partial charge in [0.05, 0.1) is 53.8 Å². The monoisotopic (exact) mass is 1370 g/mol. The molecule has 2 aromatic carbocycles. The number of hydrogen-bond donors (Lipinski definition) is 13. The highest BCUT2D eigenvalue weighted by molar-refractivity contribution is 8.76. The van der Waals surface area contributed by atoms with Crippen LogP contribution in [0.4, 0.5) is 0 Å². The van der Waals surface area contributed by atoms with E-state index >= 15 is 14.7 Å². The fourth-order valence-corrected chi connectivity index (χ4v) is 25.7. The van der Waals surface area contributed by atoms with Gasteiger partial charge in [-0.15, -0.1) is 5.92 Å². The van der Waals surface area contributed by atoms with Crippen molar-refractivity contribution in [1.82, 2.24) is 15.6 Å². The van der Waals surface area contributed by atoms with Gasteiger partial charge in [0.25, 0.3) is 0 Å². The number of phenols is 1. The molecule has 1 aromatic heterocycles. The third-order valence-electron chi connectivity index (χ3n) is 27.2. The van der Waals surface area contributed by atoms with Gasteiger partial charge in [0.2, 0.25) is 0 Å². The average Bonchev–Trinajstić information content (AvgIpc) is 1.60. The summed E-state index contributed by atoms with van der Waals surface area (Å²) in [5, 5.41) is 123. The van der Waals surface area contributed by atoms with Gasteiger partial charge < -0.3 is 72.0 Å². The summed E-state index contributed by atoms with van der Waals surface area (Å²) in [6.07, 6.45) is 9.27. The number of aromatic amines is 1. The summed E-state index contributed by atoms with van der Waals surface area (Å²) >= 11 is 0. The molecule has 7 fully saturated rings. The van der Waals surface area contributed by atoms with Crippen LogP contribution in [0.5, 0.6) is 5.75 Å². The number of rotatable bonds is 11. The first-order chi connectivity index (χ1) is 46.4. The molecule has 2 aliphatic heterocycles. The lowest BCUT2D eigenvalue weighted by Crippen LogP contribution is -2.69. The van der Waals surface area contributed by atoms with Crippen molar-refractivity contribution in [3.63, 3.8) is 0 Å². The zero-order valence-corrected chi connectivity index (χ0v) is 57.8. The summed E-state index contributed by atoms with van der Waals surface area (Å²) < 4.78 is 6.47. The van der Waals surface area contributed by atoms with Crippen molar-refractivity contribution in [2.75, 3.05) is 24.7 Å². The van der Waals surface area contributed by atoms with Gasteiger partial charge in [0.1, 0.15) is 17.9 Å². The first-order valence-corrected chi connectivity index (χ1v) is 38.3. The fraction of sp³-hybridized carbons (Fsp3) is 0.636. The number of benzene rings is 2. The van der Waals surface area contributed by atoms with E-state index in [9.17, 15) is 45.6 Å². The van der Waals surface area contributed by atoms with E-state index in [0.717, 1.165) is 36.0 Å². The molecule has 0 radical (unpaired) electrons. The number of aliphatic hydroxyl groups excluding tert-OH is 4. The Kier molecular flexibility index (Phi) is 18.5. The zero-order chi connectivity index (χ0) is 68.3. The van der Waals surface area contributed by atoms with Crippen LogP contribution < -0.4 is 16.4 Å². The number of allylic oxidation sites excluding steroid dienone is 5. The molecule has 5 saturated carbocycles. The molecule has 5 bridgehead atoms. The molecule has 0 amide bonds. The van der Waals surface area contributed by atoms with Crippen LogP contribution in [-0.4, -0.2) is 147 Å². The summed E-state index contributed by atoms with van der Waals surface area (Å²) in [5.74, 6) is -0.857. The van der Waals surface area contributed by atoms with Crippen LogP contribution in [0.1, 0.15) is 146 Å². The van der Waals surface area contributed by atoms with Crippen LogP contribution in [0.2, 0.25) is 0 Å². The maximum absolute atomic E-state index is 16.6. The van der Waals surface area contributed by atoms with E-state index in [4.69, 9.17) is 15.5 Å². The van der Waals surface area contributed by atoms with Crippen LogP contribution >= 0.6 is 21.6 Å². The molecular formula is C77H99N5O13S2. The van der Waals surface area contributed by atoms with E-state index in [-0.39, 0.29) is 112 Å². The molecule has 522 valence electrons. The second kappa shape index (κ2) is 26.2. The van der Waals surface area contributed by atoms with E-state index in [1.807, 2.05) is 62.6 Å². The predicted octanol–water partition coefficient (Wildman–Crippen LogP) is 7.70. The van der Waals surface area contributed by atoms with Crippen LogP contribution in [0.15, 0.2) is 113 Å². The van der Waals surface area contributed by atoms with Crippen molar-refractivity contribution in [3.05, 3.63) is 125 Å². The molecule has 1 spiro atoms. The van der Waals surface area contributed by atoms with Gasteiger partial charge >= 0.3 is 5.97 Å². The summed E-state index contributed by atoms with van der Waals surface area (Å²) in [6, 6.07) is 16.9. The number of esters is 1. The largest absolute Gasteiger partial charge is 0.508 e. The Morgan fingerprint density at radius 3 is 2.43 bits per heavy atom. The van der Waals surface area contributed by atoms with Gasteiger partial charge in [0, 0.05) is 90.1 Å². The highest BCUT2D eigenvalue weighted by atomic mass is 33.1. The molecule has 20 heteroatoms.